The number of benzene rings is 1. The van der Waals surface area contributed by atoms with Gasteiger partial charge in [0.2, 0.25) is 5.91 Å². The molecule has 33 heavy (non-hydrogen) atoms. The SMILES string of the molecule is CCC(=O)NCc1ccc(N2CCC(C)(c3cc(Cl)cc(C(F)(F)F)c3)C2)nc1C(F)(F)F. The van der Waals surface area contributed by atoms with Gasteiger partial charge < -0.3 is 10.2 Å². The normalized spacial score (nSPS) is 19.1. The number of halogens is 7. The first kappa shape index (κ1) is 25.1. The molecule has 4 nitrogen and oxygen atoms in total. The molecule has 1 aromatic heterocycles. The van der Waals surface area contributed by atoms with Crippen molar-refractivity contribution in [3.63, 3.8) is 0 Å². The van der Waals surface area contributed by atoms with Crippen LogP contribution < -0.4 is 10.2 Å². The first-order valence-corrected chi connectivity index (χ1v) is 10.6. The van der Waals surface area contributed by atoms with E-state index in [1.54, 1.807) is 18.7 Å². The minimum Gasteiger partial charge on any atom is -0.356 e. The van der Waals surface area contributed by atoms with E-state index in [9.17, 15) is 31.1 Å². The van der Waals surface area contributed by atoms with Crippen LogP contribution in [0.1, 0.15) is 49.1 Å². The number of amides is 1. The molecule has 2 heterocycles. The zero-order valence-corrected chi connectivity index (χ0v) is 18.6. The molecule has 1 fully saturated rings. The summed E-state index contributed by atoms with van der Waals surface area (Å²) in [5.74, 6) is -0.322. The molecule has 0 bridgehead atoms. The van der Waals surface area contributed by atoms with Gasteiger partial charge in [-0.1, -0.05) is 31.5 Å². The molecule has 2 aromatic rings. The number of nitrogens with zero attached hydrogens (tertiary/aromatic N) is 2. The van der Waals surface area contributed by atoms with Gasteiger partial charge in [0, 0.05) is 42.1 Å². The maximum atomic E-state index is 13.6. The Morgan fingerprint density at radius 3 is 2.45 bits per heavy atom. The third kappa shape index (κ3) is 5.72. The fourth-order valence-corrected chi connectivity index (χ4v) is 4.09. The predicted molar refractivity (Wildman–Crippen MR) is 112 cm³/mol. The highest BCUT2D eigenvalue weighted by Crippen LogP contribution is 2.41. The molecule has 1 aliphatic rings. The number of hydrogen-bond donors (Lipinski definition) is 1. The second kappa shape index (κ2) is 9.04. The van der Waals surface area contributed by atoms with E-state index in [0.29, 0.717) is 18.5 Å². The molecule has 1 atom stereocenters. The van der Waals surface area contributed by atoms with Crippen molar-refractivity contribution in [1.82, 2.24) is 10.3 Å². The van der Waals surface area contributed by atoms with Crippen molar-refractivity contribution in [3.05, 3.63) is 57.7 Å². The van der Waals surface area contributed by atoms with Gasteiger partial charge in [-0.15, -0.1) is 0 Å². The summed E-state index contributed by atoms with van der Waals surface area (Å²) in [6.45, 7) is 3.50. The van der Waals surface area contributed by atoms with Gasteiger partial charge in [-0.25, -0.2) is 4.98 Å². The van der Waals surface area contributed by atoms with E-state index < -0.39 is 29.0 Å². The molecular formula is C22H22ClF6N3O. The first-order valence-electron chi connectivity index (χ1n) is 10.2. The average Bonchev–Trinajstić information content (AvgIpc) is 3.13. The van der Waals surface area contributed by atoms with Crippen molar-refractivity contribution >= 4 is 23.3 Å². The number of nitrogens with one attached hydrogen (secondary N) is 1. The standard InChI is InChI=1S/C22H22ClF6N3O/c1-3-18(33)30-11-13-4-5-17(31-19(13)22(27,28)29)32-7-6-20(2,12-32)14-8-15(21(24,25)26)10-16(23)9-14/h4-5,8-10H,3,6-7,11-12H2,1-2H3,(H,30,33). The van der Waals surface area contributed by atoms with Crippen molar-refractivity contribution in [2.45, 2.75) is 51.0 Å². The highest BCUT2D eigenvalue weighted by molar-refractivity contribution is 6.30. The van der Waals surface area contributed by atoms with Crippen LogP contribution in [0.15, 0.2) is 30.3 Å². The summed E-state index contributed by atoms with van der Waals surface area (Å²) in [7, 11) is 0. The van der Waals surface area contributed by atoms with Crippen molar-refractivity contribution < 1.29 is 31.1 Å². The van der Waals surface area contributed by atoms with Gasteiger partial charge in [0.1, 0.15) is 5.82 Å². The summed E-state index contributed by atoms with van der Waals surface area (Å²) in [5, 5.41) is 2.35. The molecule has 1 aromatic carbocycles. The van der Waals surface area contributed by atoms with E-state index in [1.165, 1.54) is 18.2 Å². The Morgan fingerprint density at radius 1 is 1.15 bits per heavy atom. The minimum absolute atomic E-state index is 0.0598. The van der Waals surface area contributed by atoms with Crippen molar-refractivity contribution in [1.29, 1.82) is 0 Å². The molecule has 11 heteroatoms. The smallest absolute Gasteiger partial charge is 0.356 e. The van der Waals surface area contributed by atoms with E-state index in [2.05, 4.69) is 10.3 Å². The third-order valence-corrected chi connectivity index (χ3v) is 5.97. The maximum Gasteiger partial charge on any atom is 0.433 e. The van der Waals surface area contributed by atoms with Crippen molar-refractivity contribution in [2.24, 2.45) is 0 Å². The highest BCUT2D eigenvalue weighted by Gasteiger charge is 2.40. The number of carbonyl (C=O) groups is 1. The molecule has 0 aliphatic carbocycles. The number of rotatable bonds is 5. The van der Waals surface area contributed by atoms with Gasteiger partial charge in [0.25, 0.3) is 0 Å². The Morgan fingerprint density at radius 2 is 1.85 bits per heavy atom. The molecule has 3 rings (SSSR count). The van der Waals surface area contributed by atoms with E-state index in [4.69, 9.17) is 11.6 Å². The van der Waals surface area contributed by atoms with Crippen LogP contribution in [0.4, 0.5) is 32.2 Å². The Hall–Kier alpha value is -2.49. The molecule has 1 unspecified atom stereocenters. The predicted octanol–water partition coefficient (Wildman–Crippen LogP) is 5.97. The van der Waals surface area contributed by atoms with Crippen LogP contribution in [-0.2, 0) is 29.1 Å². The van der Waals surface area contributed by atoms with Gasteiger partial charge in [-0.05, 0) is 36.2 Å². The van der Waals surface area contributed by atoms with Gasteiger partial charge in [0.05, 0.1) is 5.56 Å². The largest absolute Gasteiger partial charge is 0.433 e. The number of hydrogen-bond acceptors (Lipinski definition) is 3. The van der Waals surface area contributed by atoms with Gasteiger partial charge >= 0.3 is 12.4 Å². The van der Waals surface area contributed by atoms with E-state index in [-0.39, 0.29) is 41.8 Å². The maximum absolute atomic E-state index is 13.6. The fraction of sp³-hybridized carbons (Fsp3) is 0.455. The molecule has 0 spiro atoms. The van der Waals surface area contributed by atoms with E-state index in [0.717, 1.165) is 12.1 Å². The van der Waals surface area contributed by atoms with Gasteiger partial charge in [0.15, 0.2) is 5.69 Å². The Labute approximate surface area is 191 Å². The number of anilines is 1. The zero-order valence-electron chi connectivity index (χ0n) is 17.9. The quantitative estimate of drug-likeness (QED) is 0.522. The molecule has 0 radical (unpaired) electrons. The number of aromatic nitrogens is 1. The number of carbonyl (C=O) groups excluding carboxylic acids is 1. The highest BCUT2D eigenvalue weighted by atomic mass is 35.5. The summed E-state index contributed by atoms with van der Waals surface area (Å²) >= 11 is 5.92. The zero-order chi connectivity index (χ0) is 24.6. The van der Waals surface area contributed by atoms with Crippen LogP contribution in [0, 0.1) is 0 Å². The molecular weight excluding hydrogens is 472 g/mol. The second-order valence-corrected chi connectivity index (χ2v) is 8.70. The average molecular weight is 494 g/mol. The van der Waals surface area contributed by atoms with Crippen LogP contribution >= 0.6 is 11.6 Å². The Bertz CT molecular complexity index is 1040. The van der Waals surface area contributed by atoms with Crippen molar-refractivity contribution in [2.75, 3.05) is 18.0 Å². The van der Waals surface area contributed by atoms with Gasteiger partial charge in [-0.2, -0.15) is 26.3 Å². The fourth-order valence-electron chi connectivity index (χ4n) is 3.85. The number of alkyl halides is 6. The van der Waals surface area contributed by atoms with Crippen LogP contribution in [0.3, 0.4) is 0 Å². The molecule has 0 saturated carbocycles. The Balaban J connectivity index is 1.89. The summed E-state index contributed by atoms with van der Waals surface area (Å²) < 4.78 is 80.5. The monoisotopic (exact) mass is 493 g/mol. The van der Waals surface area contributed by atoms with Crippen LogP contribution in [0.25, 0.3) is 0 Å². The number of pyridine rings is 1. The van der Waals surface area contributed by atoms with Crippen LogP contribution in [0.2, 0.25) is 5.02 Å². The molecule has 1 N–H and O–H groups in total. The minimum atomic E-state index is -4.74. The van der Waals surface area contributed by atoms with Crippen LogP contribution in [0.5, 0.6) is 0 Å². The first-order chi connectivity index (χ1) is 15.2. The summed E-state index contributed by atoms with van der Waals surface area (Å²) in [5.41, 5.74) is -2.55. The lowest BCUT2D eigenvalue weighted by Gasteiger charge is -2.27. The van der Waals surface area contributed by atoms with Crippen LogP contribution in [-0.4, -0.2) is 24.0 Å². The van der Waals surface area contributed by atoms with E-state index >= 15 is 0 Å². The summed E-state index contributed by atoms with van der Waals surface area (Å²) in [6, 6.07) is 6.01. The molecule has 1 saturated heterocycles. The summed E-state index contributed by atoms with van der Waals surface area (Å²) in [6.07, 6.45) is -8.76. The lowest BCUT2D eigenvalue weighted by Crippen LogP contribution is -2.30. The van der Waals surface area contributed by atoms with E-state index in [1.807, 2.05) is 0 Å². The molecule has 1 aliphatic heterocycles. The summed E-state index contributed by atoms with van der Waals surface area (Å²) in [4.78, 5) is 16.9. The lowest BCUT2D eigenvalue weighted by atomic mass is 9.81. The molecule has 1 amide bonds. The third-order valence-electron chi connectivity index (χ3n) is 5.75. The second-order valence-electron chi connectivity index (χ2n) is 8.26. The lowest BCUT2D eigenvalue weighted by molar-refractivity contribution is -0.142. The molecule has 180 valence electrons. The van der Waals surface area contributed by atoms with Gasteiger partial charge in [-0.3, -0.25) is 4.79 Å². The topological polar surface area (TPSA) is 45.2 Å². The Kier molecular flexibility index (Phi) is 6.89. The van der Waals surface area contributed by atoms with Crippen molar-refractivity contribution in [3.8, 4) is 0 Å².